The Balaban J connectivity index is 2.16. The first-order chi connectivity index (χ1) is 7.82. The van der Waals surface area contributed by atoms with Gasteiger partial charge in [-0.3, -0.25) is 0 Å². The maximum Gasteiger partial charge on any atom is 0.407 e. The highest BCUT2D eigenvalue weighted by Gasteiger charge is 2.64. The molecule has 0 aromatic heterocycles. The summed E-state index contributed by atoms with van der Waals surface area (Å²) in [5, 5.41) is 18.3. The smallest absolute Gasteiger partial charge is 0.407 e. The Morgan fingerprint density at radius 1 is 1.47 bits per heavy atom. The van der Waals surface area contributed by atoms with Crippen LogP contribution >= 0.6 is 0 Å². The van der Waals surface area contributed by atoms with Gasteiger partial charge in [-0.25, -0.2) is 4.79 Å². The van der Waals surface area contributed by atoms with Crippen LogP contribution in [-0.4, -0.2) is 40.4 Å². The number of aliphatic hydroxyl groups excluding tert-OH is 1. The van der Waals surface area contributed by atoms with E-state index in [-0.39, 0.29) is 23.5 Å². The van der Waals surface area contributed by atoms with E-state index in [4.69, 9.17) is 5.11 Å². The summed E-state index contributed by atoms with van der Waals surface area (Å²) >= 11 is 0. The van der Waals surface area contributed by atoms with Crippen LogP contribution in [0.1, 0.15) is 40.0 Å². The van der Waals surface area contributed by atoms with Crippen LogP contribution in [0.2, 0.25) is 0 Å². The minimum Gasteiger partial charge on any atom is -0.465 e. The second-order valence-corrected chi connectivity index (χ2v) is 6.62. The molecule has 4 heteroatoms. The second kappa shape index (κ2) is 3.87. The predicted molar refractivity (Wildman–Crippen MR) is 64.8 cm³/mol. The van der Waals surface area contributed by atoms with E-state index in [1.807, 2.05) is 0 Å². The van der Waals surface area contributed by atoms with Crippen molar-refractivity contribution in [3.8, 4) is 0 Å². The standard InChI is InChI=1S/C13H23NO3/c1-12(2,3)13-7-9(13)6-10(4-5-15)14(8-13)11(16)17/h9-10,15H,4-8H2,1-3H3,(H,16,17)/t9-,10+,13+/m0/s1. The summed E-state index contributed by atoms with van der Waals surface area (Å²) in [6.07, 6.45) is 1.80. The van der Waals surface area contributed by atoms with Crippen LogP contribution in [0.5, 0.6) is 0 Å². The maximum atomic E-state index is 11.3. The molecule has 2 N–H and O–H groups in total. The molecule has 17 heavy (non-hydrogen) atoms. The summed E-state index contributed by atoms with van der Waals surface area (Å²) < 4.78 is 0. The monoisotopic (exact) mass is 241 g/mol. The highest BCUT2D eigenvalue weighted by Crippen LogP contribution is 2.67. The van der Waals surface area contributed by atoms with Gasteiger partial charge in [-0.15, -0.1) is 0 Å². The van der Waals surface area contributed by atoms with Crippen molar-refractivity contribution >= 4 is 6.09 Å². The van der Waals surface area contributed by atoms with E-state index in [1.54, 1.807) is 4.90 Å². The highest BCUT2D eigenvalue weighted by atomic mass is 16.4. The molecule has 1 amide bonds. The molecule has 2 fully saturated rings. The van der Waals surface area contributed by atoms with Crippen molar-refractivity contribution < 1.29 is 15.0 Å². The third-order valence-electron chi connectivity index (χ3n) is 4.88. The number of carboxylic acid groups (broad SMARTS) is 1. The lowest BCUT2D eigenvalue weighted by Crippen LogP contribution is -2.50. The van der Waals surface area contributed by atoms with Gasteiger partial charge < -0.3 is 15.1 Å². The van der Waals surface area contributed by atoms with Crippen molar-refractivity contribution in [3.05, 3.63) is 0 Å². The number of amides is 1. The summed E-state index contributed by atoms with van der Waals surface area (Å²) in [5.41, 5.74) is 0.340. The third kappa shape index (κ3) is 1.92. The molecule has 3 atom stereocenters. The quantitative estimate of drug-likeness (QED) is 0.779. The number of rotatable bonds is 2. The maximum absolute atomic E-state index is 11.3. The van der Waals surface area contributed by atoms with Crippen LogP contribution in [0.4, 0.5) is 4.79 Å². The second-order valence-electron chi connectivity index (χ2n) is 6.62. The first-order valence-electron chi connectivity index (χ1n) is 6.42. The van der Waals surface area contributed by atoms with E-state index in [0.717, 1.165) is 12.8 Å². The molecule has 0 aromatic rings. The van der Waals surface area contributed by atoms with Crippen LogP contribution in [0.3, 0.4) is 0 Å². The van der Waals surface area contributed by atoms with Crippen molar-refractivity contribution in [3.63, 3.8) is 0 Å². The minimum absolute atomic E-state index is 0.0143. The molecule has 4 nitrogen and oxygen atoms in total. The molecule has 0 radical (unpaired) electrons. The summed E-state index contributed by atoms with van der Waals surface area (Å²) in [6, 6.07) is 0.0143. The van der Waals surface area contributed by atoms with Gasteiger partial charge in [0.25, 0.3) is 0 Å². The molecule has 0 unspecified atom stereocenters. The molecule has 0 aromatic carbocycles. The molecule has 2 rings (SSSR count). The number of hydrogen-bond acceptors (Lipinski definition) is 2. The molecule has 98 valence electrons. The Hall–Kier alpha value is -0.770. The number of likely N-dealkylation sites (tertiary alicyclic amines) is 1. The average molecular weight is 241 g/mol. The number of aliphatic hydroxyl groups is 1. The normalized spacial score (nSPS) is 36.6. The lowest BCUT2D eigenvalue weighted by atomic mass is 9.73. The van der Waals surface area contributed by atoms with Gasteiger partial charge in [-0.1, -0.05) is 20.8 Å². The van der Waals surface area contributed by atoms with Gasteiger partial charge in [-0.05, 0) is 36.0 Å². The van der Waals surface area contributed by atoms with Gasteiger partial charge in [0.05, 0.1) is 0 Å². The first-order valence-corrected chi connectivity index (χ1v) is 6.42. The Morgan fingerprint density at radius 3 is 2.59 bits per heavy atom. The molecule has 0 spiro atoms. The molecule has 0 bridgehead atoms. The molecule has 1 heterocycles. The first kappa shape index (κ1) is 12.7. The summed E-state index contributed by atoms with van der Waals surface area (Å²) in [7, 11) is 0. The van der Waals surface area contributed by atoms with Gasteiger partial charge in [0.15, 0.2) is 0 Å². The molecular formula is C13H23NO3. The van der Waals surface area contributed by atoms with Crippen molar-refractivity contribution in [1.29, 1.82) is 0 Å². The van der Waals surface area contributed by atoms with E-state index in [0.29, 0.717) is 18.9 Å². The zero-order valence-corrected chi connectivity index (χ0v) is 10.9. The molecule has 1 aliphatic heterocycles. The fraction of sp³-hybridized carbons (Fsp3) is 0.923. The van der Waals surface area contributed by atoms with E-state index in [9.17, 15) is 9.90 Å². The van der Waals surface area contributed by atoms with Gasteiger partial charge in [-0.2, -0.15) is 0 Å². The van der Waals surface area contributed by atoms with E-state index in [1.165, 1.54) is 0 Å². The zero-order chi connectivity index (χ0) is 12.8. The Kier molecular flexibility index (Phi) is 2.89. The van der Waals surface area contributed by atoms with Crippen LogP contribution in [0, 0.1) is 16.7 Å². The van der Waals surface area contributed by atoms with Crippen LogP contribution in [0.15, 0.2) is 0 Å². The van der Waals surface area contributed by atoms with E-state index in [2.05, 4.69) is 20.8 Å². The van der Waals surface area contributed by atoms with Crippen molar-refractivity contribution in [1.82, 2.24) is 4.90 Å². The van der Waals surface area contributed by atoms with E-state index < -0.39 is 6.09 Å². The lowest BCUT2D eigenvalue weighted by molar-refractivity contribution is 0.0353. The number of piperidine rings is 1. The summed E-state index contributed by atoms with van der Waals surface area (Å²) in [5.74, 6) is 0.648. The molecule has 1 saturated carbocycles. The fourth-order valence-corrected chi connectivity index (χ4v) is 3.57. The molecular weight excluding hydrogens is 218 g/mol. The van der Waals surface area contributed by atoms with Crippen LogP contribution in [0.25, 0.3) is 0 Å². The summed E-state index contributed by atoms with van der Waals surface area (Å²) in [4.78, 5) is 12.9. The van der Waals surface area contributed by atoms with Gasteiger partial charge in [0.1, 0.15) is 0 Å². The van der Waals surface area contributed by atoms with Crippen molar-refractivity contribution in [2.45, 2.75) is 46.1 Å². The van der Waals surface area contributed by atoms with Crippen LogP contribution in [-0.2, 0) is 0 Å². The third-order valence-corrected chi connectivity index (χ3v) is 4.88. The fourth-order valence-electron chi connectivity index (χ4n) is 3.57. The SMILES string of the molecule is CC(C)(C)[C@@]12C[C@@H]1C[C@@H](CCO)N(C(=O)O)C2. The molecule has 1 aliphatic carbocycles. The lowest BCUT2D eigenvalue weighted by Gasteiger charge is -2.43. The van der Waals surface area contributed by atoms with Crippen molar-refractivity contribution in [2.75, 3.05) is 13.2 Å². The molecule has 2 aliphatic rings. The van der Waals surface area contributed by atoms with Gasteiger partial charge in [0.2, 0.25) is 0 Å². The minimum atomic E-state index is -0.836. The largest absolute Gasteiger partial charge is 0.465 e. The zero-order valence-electron chi connectivity index (χ0n) is 10.9. The van der Waals surface area contributed by atoms with Gasteiger partial charge >= 0.3 is 6.09 Å². The molecule has 1 saturated heterocycles. The number of carbonyl (C=O) groups is 1. The Labute approximate surface area is 103 Å². The Morgan fingerprint density at radius 2 is 2.12 bits per heavy atom. The average Bonchev–Trinajstić information content (AvgIpc) is 2.90. The number of nitrogens with zero attached hydrogens (tertiary/aromatic N) is 1. The van der Waals surface area contributed by atoms with Gasteiger partial charge in [0, 0.05) is 19.2 Å². The number of fused-ring (bicyclic) bond motifs is 1. The van der Waals surface area contributed by atoms with E-state index >= 15 is 0 Å². The number of hydrogen-bond donors (Lipinski definition) is 2. The highest BCUT2D eigenvalue weighted by molar-refractivity contribution is 5.66. The predicted octanol–water partition coefficient (Wildman–Crippen LogP) is 2.17. The Bertz CT molecular complexity index is 323. The topological polar surface area (TPSA) is 60.8 Å². The van der Waals surface area contributed by atoms with Crippen LogP contribution < -0.4 is 0 Å². The van der Waals surface area contributed by atoms with Crippen molar-refractivity contribution in [2.24, 2.45) is 16.7 Å². The summed E-state index contributed by atoms with van der Waals surface area (Å²) in [6.45, 7) is 7.34.